The standard InChI is InChI=1S/C17H24N4OS/c1-13(16-6-4-10-23-16)20(2)17(22)12-21-9-3-5-14(11-21)15-7-8-18-19-15/h4,6-8,10,13-14H,3,5,9,11-12H2,1-2H3,(H,18,19)/t13-,14+/m0/s1. The van der Waals surface area contributed by atoms with Gasteiger partial charge in [-0.3, -0.25) is 14.8 Å². The summed E-state index contributed by atoms with van der Waals surface area (Å²) in [5.41, 5.74) is 1.18. The first-order valence-corrected chi connectivity index (χ1v) is 9.04. The molecule has 3 rings (SSSR count). The molecule has 1 amide bonds. The number of likely N-dealkylation sites (tertiary alicyclic amines) is 1. The van der Waals surface area contributed by atoms with Crippen molar-refractivity contribution in [3.05, 3.63) is 40.3 Å². The van der Waals surface area contributed by atoms with Gasteiger partial charge in [0.2, 0.25) is 5.91 Å². The van der Waals surface area contributed by atoms with Crippen LogP contribution in [0.15, 0.2) is 29.8 Å². The predicted molar refractivity (Wildman–Crippen MR) is 92.5 cm³/mol. The molecule has 0 radical (unpaired) electrons. The van der Waals surface area contributed by atoms with Gasteiger partial charge in [0.15, 0.2) is 0 Å². The van der Waals surface area contributed by atoms with Gasteiger partial charge in [0.05, 0.1) is 12.6 Å². The first-order chi connectivity index (χ1) is 11.1. The Morgan fingerprint density at radius 2 is 2.43 bits per heavy atom. The summed E-state index contributed by atoms with van der Waals surface area (Å²) in [7, 11) is 1.91. The molecular weight excluding hydrogens is 308 g/mol. The number of aromatic amines is 1. The lowest BCUT2D eigenvalue weighted by molar-refractivity contribution is -0.133. The first kappa shape index (κ1) is 16.2. The zero-order valence-corrected chi connectivity index (χ0v) is 14.6. The Morgan fingerprint density at radius 3 is 3.13 bits per heavy atom. The number of carbonyl (C=O) groups excluding carboxylic acids is 1. The average Bonchev–Trinajstić information content (AvgIpc) is 3.26. The maximum Gasteiger partial charge on any atom is 0.237 e. The zero-order chi connectivity index (χ0) is 16.2. The highest BCUT2D eigenvalue weighted by Gasteiger charge is 2.26. The molecule has 2 atom stereocenters. The van der Waals surface area contributed by atoms with Crippen LogP contribution in [0.4, 0.5) is 0 Å². The van der Waals surface area contributed by atoms with Gasteiger partial charge in [-0.2, -0.15) is 5.10 Å². The van der Waals surface area contributed by atoms with Crippen molar-refractivity contribution in [1.82, 2.24) is 20.0 Å². The zero-order valence-electron chi connectivity index (χ0n) is 13.7. The molecule has 2 aromatic rings. The summed E-state index contributed by atoms with van der Waals surface area (Å²) in [6.07, 6.45) is 4.09. The van der Waals surface area contributed by atoms with Gasteiger partial charge in [0.25, 0.3) is 0 Å². The van der Waals surface area contributed by atoms with Gasteiger partial charge in [0, 0.05) is 36.3 Å². The lowest BCUT2D eigenvalue weighted by Crippen LogP contribution is -2.43. The SMILES string of the molecule is C[C@@H](c1cccs1)N(C)C(=O)CN1CCC[C@@H](c2ccn[nH]2)C1. The molecule has 124 valence electrons. The molecule has 1 aliphatic heterocycles. The summed E-state index contributed by atoms with van der Waals surface area (Å²) in [4.78, 5) is 18.0. The summed E-state index contributed by atoms with van der Waals surface area (Å²) in [6, 6.07) is 6.31. The number of likely N-dealkylation sites (N-methyl/N-ethyl adjacent to an activating group) is 1. The number of thiophene rings is 1. The maximum absolute atomic E-state index is 12.6. The van der Waals surface area contributed by atoms with Gasteiger partial charge in [-0.1, -0.05) is 6.07 Å². The van der Waals surface area contributed by atoms with Crippen molar-refractivity contribution in [2.45, 2.75) is 31.7 Å². The van der Waals surface area contributed by atoms with Crippen LogP contribution in [0.1, 0.15) is 42.3 Å². The number of hydrogen-bond acceptors (Lipinski definition) is 4. The summed E-state index contributed by atoms with van der Waals surface area (Å²) in [6.45, 7) is 4.51. The van der Waals surface area contributed by atoms with Crippen molar-refractivity contribution >= 4 is 17.2 Å². The highest BCUT2D eigenvalue weighted by Crippen LogP contribution is 2.26. The van der Waals surface area contributed by atoms with Gasteiger partial charge >= 0.3 is 0 Å². The van der Waals surface area contributed by atoms with Crippen molar-refractivity contribution < 1.29 is 4.79 Å². The predicted octanol–water partition coefficient (Wildman–Crippen LogP) is 2.87. The lowest BCUT2D eigenvalue weighted by Gasteiger charge is -2.33. The number of hydrogen-bond donors (Lipinski definition) is 1. The number of aromatic nitrogens is 2. The Balaban J connectivity index is 1.56. The van der Waals surface area contributed by atoms with Gasteiger partial charge in [-0.25, -0.2) is 0 Å². The van der Waals surface area contributed by atoms with E-state index >= 15 is 0 Å². The number of nitrogens with zero attached hydrogens (tertiary/aromatic N) is 3. The van der Waals surface area contributed by atoms with Crippen LogP contribution in [0.2, 0.25) is 0 Å². The van der Waals surface area contributed by atoms with E-state index in [0.717, 1.165) is 25.9 Å². The van der Waals surface area contributed by atoms with E-state index in [4.69, 9.17) is 0 Å². The quantitative estimate of drug-likeness (QED) is 0.916. The van der Waals surface area contributed by atoms with Crippen LogP contribution in [0.25, 0.3) is 0 Å². The van der Waals surface area contributed by atoms with E-state index in [9.17, 15) is 4.79 Å². The minimum absolute atomic E-state index is 0.135. The minimum Gasteiger partial charge on any atom is -0.337 e. The van der Waals surface area contributed by atoms with Crippen molar-refractivity contribution in [2.24, 2.45) is 0 Å². The fourth-order valence-corrected chi connectivity index (χ4v) is 4.01. The Hall–Kier alpha value is -1.66. The van der Waals surface area contributed by atoms with E-state index in [1.54, 1.807) is 17.5 Å². The molecule has 1 fully saturated rings. The molecule has 1 saturated heterocycles. The molecule has 0 saturated carbocycles. The minimum atomic E-state index is 0.135. The summed E-state index contributed by atoms with van der Waals surface area (Å²) in [5, 5.41) is 9.17. The smallest absolute Gasteiger partial charge is 0.237 e. The number of piperidine rings is 1. The van der Waals surface area contributed by atoms with E-state index in [0.29, 0.717) is 12.5 Å². The number of carbonyl (C=O) groups is 1. The molecule has 0 spiro atoms. The van der Waals surface area contributed by atoms with Gasteiger partial charge in [-0.05, 0) is 43.8 Å². The topological polar surface area (TPSA) is 52.2 Å². The van der Waals surface area contributed by atoms with Crippen LogP contribution in [0.3, 0.4) is 0 Å². The highest BCUT2D eigenvalue weighted by atomic mass is 32.1. The normalized spacial score (nSPS) is 20.3. The highest BCUT2D eigenvalue weighted by molar-refractivity contribution is 7.10. The molecular formula is C17H24N4OS. The molecule has 0 bridgehead atoms. The average molecular weight is 332 g/mol. The maximum atomic E-state index is 12.6. The molecule has 6 heteroatoms. The van der Waals surface area contributed by atoms with E-state index in [-0.39, 0.29) is 11.9 Å². The van der Waals surface area contributed by atoms with E-state index in [2.05, 4.69) is 33.5 Å². The molecule has 2 aromatic heterocycles. The van der Waals surface area contributed by atoms with Crippen molar-refractivity contribution in [1.29, 1.82) is 0 Å². The van der Waals surface area contributed by atoms with E-state index in [1.165, 1.54) is 10.6 Å². The lowest BCUT2D eigenvalue weighted by atomic mass is 9.95. The molecule has 0 unspecified atom stereocenters. The van der Waals surface area contributed by atoms with Gasteiger partial charge in [-0.15, -0.1) is 11.3 Å². The second-order valence-electron chi connectivity index (χ2n) is 6.28. The van der Waals surface area contributed by atoms with E-state index in [1.807, 2.05) is 24.1 Å². The Bertz CT molecular complexity index is 611. The number of amides is 1. The third kappa shape index (κ3) is 3.82. The second kappa shape index (κ2) is 7.27. The fraction of sp³-hybridized carbons (Fsp3) is 0.529. The Labute approximate surface area is 141 Å². The fourth-order valence-electron chi connectivity index (χ4n) is 3.19. The van der Waals surface area contributed by atoms with Crippen LogP contribution in [-0.2, 0) is 4.79 Å². The summed E-state index contributed by atoms with van der Waals surface area (Å²) >= 11 is 1.70. The van der Waals surface area contributed by atoms with Crippen LogP contribution in [-0.4, -0.2) is 52.6 Å². The number of H-pyrrole nitrogens is 1. The second-order valence-corrected chi connectivity index (χ2v) is 7.26. The molecule has 23 heavy (non-hydrogen) atoms. The Morgan fingerprint density at radius 1 is 1.57 bits per heavy atom. The summed E-state index contributed by atoms with van der Waals surface area (Å²) in [5.74, 6) is 0.648. The van der Waals surface area contributed by atoms with Crippen molar-refractivity contribution in [2.75, 3.05) is 26.7 Å². The molecule has 1 aliphatic rings. The number of rotatable bonds is 5. The van der Waals surface area contributed by atoms with Crippen LogP contribution in [0, 0.1) is 0 Å². The summed E-state index contributed by atoms with van der Waals surface area (Å²) < 4.78 is 0. The third-order valence-corrected chi connectivity index (χ3v) is 5.80. The van der Waals surface area contributed by atoms with Gasteiger partial charge < -0.3 is 4.90 Å². The largest absolute Gasteiger partial charge is 0.337 e. The van der Waals surface area contributed by atoms with Crippen molar-refractivity contribution in [3.63, 3.8) is 0 Å². The molecule has 1 N–H and O–H groups in total. The van der Waals surface area contributed by atoms with E-state index < -0.39 is 0 Å². The first-order valence-electron chi connectivity index (χ1n) is 8.16. The molecule has 0 aliphatic carbocycles. The monoisotopic (exact) mass is 332 g/mol. The van der Waals surface area contributed by atoms with Crippen molar-refractivity contribution in [3.8, 4) is 0 Å². The molecule has 0 aromatic carbocycles. The Kier molecular flexibility index (Phi) is 5.13. The third-order valence-electron chi connectivity index (χ3n) is 4.76. The molecule has 3 heterocycles. The van der Waals surface area contributed by atoms with Crippen LogP contribution >= 0.6 is 11.3 Å². The van der Waals surface area contributed by atoms with Crippen LogP contribution < -0.4 is 0 Å². The molecule has 5 nitrogen and oxygen atoms in total. The van der Waals surface area contributed by atoms with Gasteiger partial charge in [0.1, 0.15) is 0 Å². The van der Waals surface area contributed by atoms with Crippen LogP contribution in [0.5, 0.6) is 0 Å². The number of nitrogens with one attached hydrogen (secondary N) is 1.